The highest BCUT2D eigenvalue weighted by molar-refractivity contribution is 7.17. The lowest BCUT2D eigenvalue weighted by Crippen LogP contribution is -2.49. The number of hydrogen-bond acceptors (Lipinski definition) is 5. The molecule has 5 nitrogen and oxygen atoms in total. The van der Waals surface area contributed by atoms with E-state index >= 15 is 0 Å². The lowest BCUT2D eigenvalue weighted by Gasteiger charge is -2.40. The summed E-state index contributed by atoms with van der Waals surface area (Å²) < 4.78 is 3.23. The Kier molecular flexibility index (Phi) is 2.70. The van der Waals surface area contributed by atoms with Crippen LogP contribution in [-0.4, -0.2) is 32.8 Å². The second-order valence-electron chi connectivity index (χ2n) is 5.34. The summed E-state index contributed by atoms with van der Waals surface area (Å²) in [4.78, 5) is 11.1. The molecule has 3 aromatic rings. The third-order valence-electron chi connectivity index (χ3n) is 3.69. The van der Waals surface area contributed by atoms with Crippen molar-refractivity contribution in [1.29, 1.82) is 0 Å². The highest BCUT2D eigenvalue weighted by Gasteiger charge is 2.29. The van der Waals surface area contributed by atoms with Crippen LogP contribution in [0.5, 0.6) is 0 Å². The van der Waals surface area contributed by atoms with Gasteiger partial charge < -0.3 is 4.90 Å². The normalized spacial score (nSPS) is 15.8. The van der Waals surface area contributed by atoms with E-state index in [0.29, 0.717) is 5.92 Å². The largest absolute Gasteiger partial charge is 0.354 e. The highest BCUT2D eigenvalue weighted by Crippen LogP contribution is 2.32. The van der Waals surface area contributed by atoms with E-state index in [0.717, 1.165) is 31.0 Å². The molecular weight excluding hydrogens is 270 g/mol. The number of fused-ring (bicyclic) bond motifs is 1. The van der Waals surface area contributed by atoms with Crippen LogP contribution in [0.1, 0.15) is 5.56 Å². The van der Waals surface area contributed by atoms with E-state index in [2.05, 4.69) is 44.5 Å². The van der Waals surface area contributed by atoms with Crippen LogP contribution >= 0.6 is 11.3 Å². The Morgan fingerprint density at radius 2 is 2.25 bits per heavy atom. The van der Waals surface area contributed by atoms with Gasteiger partial charge in [0.1, 0.15) is 12.1 Å². The number of thiophene rings is 1. The summed E-state index contributed by atoms with van der Waals surface area (Å²) in [5, 5.41) is 6.43. The molecule has 1 saturated heterocycles. The number of aromatic nitrogens is 4. The molecule has 0 spiro atoms. The van der Waals surface area contributed by atoms with Gasteiger partial charge in [0.2, 0.25) is 0 Å². The molecule has 0 N–H and O–H groups in total. The van der Waals surface area contributed by atoms with Gasteiger partial charge in [-0.3, -0.25) is 4.68 Å². The molecule has 20 heavy (non-hydrogen) atoms. The fraction of sp³-hybridized carbons (Fsp3) is 0.357. The molecule has 1 aliphatic rings. The molecule has 0 radical (unpaired) electrons. The van der Waals surface area contributed by atoms with Crippen LogP contribution in [-0.2, 0) is 6.54 Å². The first-order valence-corrected chi connectivity index (χ1v) is 7.60. The van der Waals surface area contributed by atoms with Crippen LogP contribution in [0.3, 0.4) is 0 Å². The van der Waals surface area contributed by atoms with Crippen molar-refractivity contribution in [3.05, 3.63) is 35.7 Å². The van der Waals surface area contributed by atoms with E-state index in [1.807, 2.05) is 10.9 Å². The Bertz CT molecular complexity index is 741. The predicted octanol–water partition coefficient (Wildman–Crippen LogP) is 2.33. The van der Waals surface area contributed by atoms with E-state index in [1.54, 1.807) is 17.7 Å². The van der Waals surface area contributed by atoms with Crippen LogP contribution in [0.25, 0.3) is 10.2 Å². The van der Waals surface area contributed by atoms with Gasteiger partial charge in [0, 0.05) is 31.7 Å². The number of anilines is 1. The molecule has 0 unspecified atom stereocenters. The average molecular weight is 285 g/mol. The number of rotatable bonds is 3. The van der Waals surface area contributed by atoms with Crippen LogP contribution in [0.2, 0.25) is 0 Å². The fourth-order valence-electron chi connectivity index (χ4n) is 2.69. The van der Waals surface area contributed by atoms with Crippen molar-refractivity contribution in [2.24, 2.45) is 5.92 Å². The van der Waals surface area contributed by atoms with Crippen LogP contribution < -0.4 is 4.90 Å². The van der Waals surface area contributed by atoms with Crippen molar-refractivity contribution < 1.29 is 0 Å². The van der Waals surface area contributed by atoms with E-state index in [4.69, 9.17) is 0 Å². The Labute approximate surface area is 120 Å². The summed E-state index contributed by atoms with van der Waals surface area (Å²) in [5.74, 6) is 1.73. The summed E-state index contributed by atoms with van der Waals surface area (Å²) in [7, 11) is 0. The lowest BCUT2D eigenvalue weighted by molar-refractivity contribution is 0.341. The standard InChI is InChI=1S/C14H15N5S/c1-10-4-17-19(5-10)8-11-6-18(7-11)14-13-12(2-3-20-13)15-9-16-14/h2-5,9,11H,6-8H2,1H3. The molecule has 102 valence electrons. The molecule has 4 heterocycles. The fourth-order valence-corrected chi connectivity index (χ4v) is 3.55. The van der Waals surface area contributed by atoms with Gasteiger partial charge in [-0.1, -0.05) is 0 Å². The molecule has 1 aliphatic heterocycles. The molecule has 0 amide bonds. The topological polar surface area (TPSA) is 46.8 Å². The van der Waals surface area contributed by atoms with Crippen molar-refractivity contribution in [3.63, 3.8) is 0 Å². The number of nitrogens with zero attached hydrogens (tertiary/aromatic N) is 5. The van der Waals surface area contributed by atoms with E-state index in [9.17, 15) is 0 Å². The van der Waals surface area contributed by atoms with Crippen molar-refractivity contribution in [2.75, 3.05) is 18.0 Å². The third-order valence-corrected chi connectivity index (χ3v) is 4.59. The van der Waals surface area contributed by atoms with Gasteiger partial charge in [0.25, 0.3) is 0 Å². The van der Waals surface area contributed by atoms with E-state index in [-0.39, 0.29) is 0 Å². The van der Waals surface area contributed by atoms with Crippen molar-refractivity contribution in [3.8, 4) is 0 Å². The zero-order valence-electron chi connectivity index (χ0n) is 11.2. The monoisotopic (exact) mass is 285 g/mol. The molecule has 1 fully saturated rings. The molecule has 4 rings (SSSR count). The minimum Gasteiger partial charge on any atom is -0.354 e. The van der Waals surface area contributed by atoms with Crippen molar-refractivity contribution >= 4 is 27.4 Å². The smallest absolute Gasteiger partial charge is 0.150 e. The third kappa shape index (κ3) is 1.96. The van der Waals surface area contributed by atoms with Gasteiger partial charge >= 0.3 is 0 Å². The maximum atomic E-state index is 4.45. The molecule has 3 aromatic heterocycles. The molecule has 6 heteroatoms. The highest BCUT2D eigenvalue weighted by atomic mass is 32.1. The summed E-state index contributed by atoms with van der Waals surface area (Å²) in [5.41, 5.74) is 2.27. The van der Waals surface area contributed by atoms with Gasteiger partial charge in [-0.2, -0.15) is 5.10 Å². The Morgan fingerprint density at radius 3 is 3.05 bits per heavy atom. The summed E-state index contributed by atoms with van der Waals surface area (Å²) in [6.45, 7) is 5.15. The van der Waals surface area contributed by atoms with Gasteiger partial charge in [-0.25, -0.2) is 9.97 Å². The zero-order chi connectivity index (χ0) is 13.5. The minimum atomic E-state index is 0.652. The molecule has 0 aromatic carbocycles. The molecule has 0 bridgehead atoms. The van der Waals surface area contributed by atoms with Crippen LogP contribution in [0, 0.1) is 12.8 Å². The summed E-state index contributed by atoms with van der Waals surface area (Å²) in [6.07, 6.45) is 5.68. The van der Waals surface area contributed by atoms with Gasteiger partial charge in [0.05, 0.1) is 16.4 Å². The van der Waals surface area contributed by atoms with Gasteiger partial charge in [-0.05, 0) is 23.9 Å². The molecule has 0 atom stereocenters. The summed E-state index contributed by atoms with van der Waals surface area (Å²) >= 11 is 1.72. The minimum absolute atomic E-state index is 0.652. The Morgan fingerprint density at radius 1 is 1.35 bits per heavy atom. The van der Waals surface area contributed by atoms with Crippen molar-refractivity contribution in [1.82, 2.24) is 19.7 Å². The van der Waals surface area contributed by atoms with E-state index < -0.39 is 0 Å². The quantitative estimate of drug-likeness (QED) is 0.741. The van der Waals surface area contributed by atoms with Crippen molar-refractivity contribution in [2.45, 2.75) is 13.5 Å². The van der Waals surface area contributed by atoms with Crippen LogP contribution in [0.15, 0.2) is 30.2 Å². The average Bonchev–Trinajstić information content (AvgIpc) is 3.01. The summed E-state index contributed by atoms with van der Waals surface area (Å²) in [6, 6.07) is 2.05. The Hall–Kier alpha value is -1.95. The molecule has 0 saturated carbocycles. The van der Waals surface area contributed by atoms with E-state index in [1.165, 1.54) is 10.3 Å². The zero-order valence-corrected chi connectivity index (χ0v) is 12.0. The maximum absolute atomic E-state index is 4.45. The first-order valence-electron chi connectivity index (χ1n) is 6.72. The Balaban J connectivity index is 1.47. The maximum Gasteiger partial charge on any atom is 0.150 e. The van der Waals surface area contributed by atoms with Gasteiger partial charge in [-0.15, -0.1) is 11.3 Å². The number of aryl methyl sites for hydroxylation is 1. The van der Waals surface area contributed by atoms with Crippen LogP contribution in [0.4, 0.5) is 5.82 Å². The SMILES string of the molecule is Cc1cnn(CC2CN(c3ncnc4ccsc34)C2)c1. The first kappa shape index (κ1) is 11.8. The lowest BCUT2D eigenvalue weighted by atomic mass is 10.0. The second-order valence-corrected chi connectivity index (χ2v) is 6.26. The predicted molar refractivity (Wildman–Crippen MR) is 80.1 cm³/mol. The molecule has 0 aliphatic carbocycles. The number of hydrogen-bond donors (Lipinski definition) is 0. The van der Waals surface area contributed by atoms with Gasteiger partial charge in [0.15, 0.2) is 0 Å². The molecular formula is C14H15N5S. The first-order chi connectivity index (χ1) is 9.79. The second kappa shape index (κ2) is 4.56.